The highest BCUT2D eigenvalue weighted by atomic mass is 127. The molecule has 0 aliphatic carbocycles. The second-order valence-corrected chi connectivity index (χ2v) is 5.61. The molecule has 114 valence electrons. The van der Waals surface area contributed by atoms with E-state index in [1.807, 2.05) is 25.1 Å². The molecule has 0 bridgehead atoms. The average Bonchev–Trinajstić information content (AvgIpc) is 2.85. The monoisotopic (exact) mass is 416 g/mol. The van der Waals surface area contributed by atoms with Crippen LogP contribution in [0.25, 0.3) is 10.6 Å². The van der Waals surface area contributed by atoms with Crippen LogP contribution in [0.5, 0.6) is 0 Å². The number of nitrogens with two attached hydrogens (primary N) is 1. The number of aryl methyl sites for hydroxylation is 1. The smallest absolute Gasteiger partial charge is 0.188 e. The van der Waals surface area contributed by atoms with E-state index < -0.39 is 0 Å². The van der Waals surface area contributed by atoms with E-state index in [-0.39, 0.29) is 24.0 Å². The summed E-state index contributed by atoms with van der Waals surface area (Å²) in [6.07, 6.45) is 1.04. The fourth-order valence-electron chi connectivity index (χ4n) is 1.74. The van der Waals surface area contributed by atoms with E-state index in [4.69, 9.17) is 5.73 Å². The van der Waals surface area contributed by atoms with Crippen molar-refractivity contribution in [3.8, 4) is 10.6 Å². The van der Waals surface area contributed by atoms with Gasteiger partial charge in [0.15, 0.2) is 5.96 Å². The standard InChI is InChI=1S/C15H20N4S.HI/c1-3-9-17-15(16)18-10-13-11(2)19-14(20-13)12-7-5-4-6-8-12;/h4-8H,3,9-10H2,1-2H3,(H3,16,17,18);1H. The van der Waals surface area contributed by atoms with Gasteiger partial charge >= 0.3 is 0 Å². The molecule has 0 saturated heterocycles. The van der Waals surface area contributed by atoms with Crippen molar-refractivity contribution in [3.05, 3.63) is 40.9 Å². The number of hydrogen-bond acceptors (Lipinski definition) is 3. The fourth-order valence-corrected chi connectivity index (χ4v) is 2.74. The highest BCUT2D eigenvalue weighted by molar-refractivity contribution is 14.0. The molecule has 0 spiro atoms. The molecule has 1 aromatic heterocycles. The van der Waals surface area contributed by atoms with Gasteiger partial charge in [0, 0.05) is 17.0 Å². The molecule has 1 heterocycles. The highest BCUT2D eigenvalue weighted by Gasteiger charge is 2.08. The summed E-state index contributed by atoms with van der Waals surface area (Å²) in [4.78, 5) is 10.1. The molecule has 0 aliphatic heterocycles. The minimum atomic E-state index is 0. The normalized spacial score (nSPS) is 11.0. The molecule has 2 rings (SSSR count). The number of thiazole rings is 1. The molecular weight excluding hydrogens is 395 g/mol. The van der Waals surface area contributed by atoms with E-state index in [2.05, 4.69) is 34.3 Å². The van der Waals surface area contributed by atoms with Gasteiger partial charge in [-0.2, -0.15) is 0 Å². The Morgan fingerprint density at radius 2 is 2.05 bits per heavy atom. The van der Waals surface area contributed by atoms with Crippen molar-refractivity contribution in [2.45, 2.75) is 26.8 Å². The first-order valence-corrected chi connectivity index (χ1v) is 7.58. The molecule has 3 N–H and O–H groups in total. The van der Waals surface area contributed by atoms with Gasteiger partial charge in [-0.15, -0.1) is 35.3 Å². The van der Waals surface area contributed by atoms with Crippen LogP contribution in [0, 0.1) is 6.92 Å². The Labute approximate surface area is 146 Å². The molecule has 0 aliphatic rings. The van der Waals surface area contributed by atoms with Crippen molar-refractivity contribution in [1.29, 1.82) is 0 Å². The molecule has 0 fully saturated rings. The number of benzene rings is 1. The topological polar surface area (TPSA) is 63.3 Å². The third-order valence-corrected chi connectivity index (χ3v) is 4.05. The van der Waals surface area contributed by atoms with Crippen molar-refractivity contribution in [3.63, 3.8) is 0 Å². The van der Waals surface area contributed by atoms with Gasteiger partial charge in [0.1, 0.15) is 5.01 Å². The van der Waals surface area contributed by atoms with Gasteiger partial charge in [-0.05, 0) is 13.3 Å². The van der Waals surface area contributed by atoms with E-state index in [1.54, 1.807) is 11.3 Å². The van der Waals surface area contributed by atoms with Crippen LogP contribution >= 0.6 is 35.3 Å². The second-order valence-electron chi connectivity index (χ2n) is 4.52. The largest absolute Gasteiger partial charge is 0.370 e. The SMILES string of the molecule is CCCNC(N)=NCc1sc(-c2ccccc2)nc1C.I. The summed E-state index contributed by atoms with van der Waals surface area (Å²) >= 11 is 1.68. The van der Waals surface area contributed by atoms with Gasteiger partial charge in [0.05, 0.1) is 12.2 Å². The lowest BCUT2D eigenvalue weighted by molar-refractivity contribution is 0.826. The third-order valence-electron chi connectivity index (χ3n) is 2.86. The Balaban J connectivity index is 0.00000220. The molecular formula is C15H21IN4S. The molecule has 0 unspecified atom stereocenters. The van der Waals surface area contributed by atoms with E-state index >= 15 is 0 Å². The Hall–Kier alpha value is -1.15. The number of guanidine groups is 1. The van der Waals surface area contributed by atoms with Gasteiger partial charge in [-0.1, -0.05) is 37.3 Å². The number of aliphatic imine (C=N–C) groups is 1. The maximum atomic E-state index is 5.80. The lowest BCUT2D eigenvalue weighted by Gasteiger charge is -2.02. The average molecular weight is 416 g/mol. The maximum Gasteiger partial charge on any atom is 0.188 e. The lowest BCUT2D eigenvalue weighted by Crippen LogP contribution is -2.32. The summed E-state index contributed by atoms with van der Waals surface area (Å²) in [6.45, 7) is 5.55. The van der Waals surface area contributed by atoms with E-state index in [0.717, 1.165) is 34.1 Å². The molecule has 0 atom stereocenters. The first kappa shape index (κ1) is 17.9. The Kier molecular flexibility index (Phi) is 7.66. The quantitative estimate of drug-likeness (QED) is 0.445. The Morgan fingerprint density at radius 3 is 2.71 bits per heavy atom. The lowest BCUT2D eigenvalue weighted by atomic mass is 10.2. The van der Waals surface area contributed by atoms with Crippen molar-refractivity contribution in [2.75, 3.05) is 6.54 Å². The van der Waals surface area contributed by atoms with Gasteiger partial charge in [-0.3, -0.25) is 0 Å². The molecule has 1 aromatic carbocycles. The summed E-state index contributed by atoms with van der Waals surface area (Å²) in [5.74, 6) is 0.501. The van der Waals surface area contributed by atoms with Crippen molar-refractivity contribution >= 4 is 41.3 Å². The molecule has 2 aromatic rings. The summed E-state index contributed by atoms with van der Waals surface area (Å²) < 4.78 is 0. The summed E-state index contributed by atoms with van der Waals surface area (Å²) in [5, 5.41) is 4.11. The fraction of sp³-hybridized carbons (Fsp3) is 0.333. The minimum absolute atomic E-state index is 0. The zero-order chi connectivity index (χ0) is 14.4. The maximum absolute atomic E-state index is 5.80. The zero-order valence-corrected chi connectivity index (χ0v) is 15.4. The van der Waals surface area contributed by atoms with Crippen molar-refractivity contribution < 1.29 is 0 Å². The molecule has 0 saturated carbocycles. The van der Waals surface area contributed by atoms with Crippen molar-refractivity contribution in [2.24, 2.45) is 10.7 Å². The van der Waals surface area contributed by atoms with Crippen LogP contribution in [-0.4, -0.2) is 17.5 Å². The number of hydrogen-bond donors (Lipinski definition) is 2. The van der Waals surface area contributed by atoms with Crippen LogP contribution in [0.1, 0.15) is 23.9 Å². The number of nitrogens with zero attached hydrogens (tertiary/aromatic N) is 2. The van der Waals surface area contributed by atoms with Crippen LogP contribution in [0.15, 0.2) is 35.3 Å². The Morgan fingerprint density at radius 1 is 1.33 bits per heavy atom. The number of halogens is 1. The first-order valence-electron chi connectivity index (χ1n) is 6.76. The zero-order valence-electron chi connectivity index (χ0n) is 12.3. The van der Waals surface area contributed by atoms with Crippen LogP contribution in [0.2, 0.25) is 0 Å². The number of nitrogens with one attached hydrogen (secondary N) is 1. The highest BCUT2D eigenvalue weighted by Crippen LogP contribution is 2.28. The van der Waals surface area contributed by atoms with Gasteiger partial charge in [-0.25, -0.2) is 9.98 Å². The minimum Gasteiger partial charge on any atom is -0.370 e. The van der Waals surface area contributed by atoms with E-state index in [9.17, 15) is 0 Å². The van der Waals surface area contributed by atoms with E-state index in [1.165, 1.54) is 0 Å². The van der Waals surface area contributed by atoms with Crippen LogP contribution in [0.3, 0.4) is 0 Å². The van der Waals surface area contributed by atoms with Gasteiger partial charge < -0.3 is 11.1 Å². The molecule has 0 radical (unpaired) electrons. The first-order chi connectivity index (χ1) is 9.70. The third kappa shape index (κ3) is 5.28. The van der Waals surface area contributed by atoms with E-state index in [0.29, 0.717) is 12.5 Å². The van der Waals surface area contributed by atoms with Crippen LogP contribution in [-0.2, 0) is 6.54 Å². The predicted molar refractivity (Wildman–Crippen MR) is 101 cm³/mol. The summed E-state index contributed by atoms with van der Waals surface area (Å²) in [6, 6.07) is 10.2. The summed E-state index contributed by atoms with van der Waals surface area (Å²) in [7, 11) is 0. The summed E-state index contributed by atoms with van der Waals surface area (Å²) in [5.41, 5.74) is 7.97. The van der Waals surface area contributed by atoms with Crippen molar-refractivity contribution in [1.82, 2.24) is 10.3 Å². The molecule has 4 nitrogen and oxygen atoms in total. The van der Waals surface area contributed by atoms with Gasteiger partial charge in [0.25, 0.3) is 0 Å². The number of aromatic nitrogens is 1. The molecule has 0 amide bonds. The molecule has 21 heavy (non-hydrogen) atoms. The molecule has 6 heteroatoms. The predicted octanol–water partition coefficient (Wildman–Crippen LogP) is 3.55. The van der Waals surface area contributed by atoms with Gasteiger partial charge in [0.2, 0.25) is 0 Å². The second kappa shape index (κ2) is 8.99. The Bertz CT molecular complexity index is 581. The number of rotatable bonds is 5. The van der Waals surface area contributed by atoms with Crippen LogP contribution < -0.4 is 11.1 Å². The van der Waals surface area contributed by atoms with Crippen LogP contribution in [0.4, 0.5) is 0 Å².